The minimum absolute atomic E-state index is 0.0460. The smallest absolute Gasteiger partial charge is 0.197 e. The molecule has 0 unspecified atom stereocenters. The van der Waals surface area contributed by atoms with Gasteiger partial charge in [-0.05, 0) is 37.3 Å². The average molecular weight is 352 g/mol. The molecule has 0 saturated carbocycles. The monoisotopic (exact) mass is 351 g/mol. The van der Waals surface area contributed by atoms with Crippen molar-refractivity contribution in [3.8, 4) is 22.9 Å². The summed E-state index contributed by atoms with van der Waals surface area (Å²) in [5, 5.41) is 8.82. The zero-order valence-electron chi connectivity index (χ0n) is 12.0. The first kappa shape index (κ1) is 15.8. The summed E-state index contributed by atoms with van der Waals surface area (Å²) < 4.78 is 19.5. The minimum atomic E-state index is -0.425. The molecule has 0 saturated heterocycles. The van der Waals surface area contributed by atoms with Gasteiger partial charge in [0, 0.05) is 5.02 Å². The van der Waals surface area contributed by atoms with Crippen LogP contribution < -0.4 is 0 Å². The summed E-state index contributed by atoms with van der Waals surface area (Å²) in [6, 6.07) is 7.54. The summed E-state index contributed by atoms with van der Waals surface area (Å²) in [6.45, 7) is 1.50. The minimum Gasteiger partial charge on any atom is -0.453 e. The maximum absolute atomic E-state index is 13.9. The van der Waals surface area contributed by atoms with Crippen LogP contribution in [0.25, 0.3) is 22.9 Å². The maximum Gasteiger partial charge on any atom is 0.197 e. The van der Waals surface area contributed by atoms with E-state index in [1.165, 1.54) is 36.9 Å². The van der Waals surface area contributed by atoms with Gasteiger partial charge in [0.2, 0.25) is 0 Å². The molecule has 0 aliphatic carbocycles. The van der Waals surface area contributed by atoms with Crippen LogP contribution in [0.1, 0.15) is 6.92 Å². The molecule has 0 radical (unpaired) electrons. The Bertz CT molecular complexity index is 862. The molecule has 0 aliphatic heterocycles. The molecule has 5 nitrogen and oxygen atoms in total. The number of aromatic nitrogens is 3. The van der Waals surface area contributed by atoms with Crippen LogP contribution in [0.5, 0.6) is 0 Å². The van der Waals surface area contributed by atoms with E-state index in [1.54, 1.807) is 12.1 Å². The predicted octanol–water partition coefficient (Wildman–Crippen LogP) is 4.21. The molecule has 23 heavy (non-hydrogen) atoms. The van der Waals surface area contributed by atoms with Gasteiger partial charge in [-0.1, -0.05) is 23.4 Å². The molecule has 0 spiro atoms. The number of benzene rings is 1. The molecule has 3 rings (SSSR count). The highest BCUT2D eigenvalue weighted by atomic mass is 35.5. The van der Waals surface area contributed by atoms with Crippen molar-refractivity contribution in [3.05, 3.63) is 41.2 Å². The van der Waals surface area contributed by atoms with Gasteiger partial charge in [-0.2, -0.15) is 0 Å². The van der Waals surface area contributed by atoms with Crippen molar-refractivity contribution in [1.82, 2.24) is 15.2 Å². The zero-order chi connectivity index (χ0) is 16.4. The Morgan fingerprint density at radius 3 is 2.87 bits per heavy atom. The number of thioether (sulfide) groups is 1. The van der Waals surface area contributed by atoms with Crippen LogP contribution in [0.4, 0.5) is 4.39 Å². The van der Waals surface area contributed by atoms with Gasteiger partial charge in [0.25, 0.3) is 0 Å². The van der Waals surface area contributed by atoms with Crippen LogP contribution in [0.15, 0.2) is 39.9 Å². The topological polar surface area (TPSA) is 71.8 Å². The lowest BCUT2D eigenvalue weighted by Gasteiger charge is -2.00. The number of aromatic amines is 1. The summed E-state index contributed by atoms with van der Waals surface area (Å²) >= 11 is 7.14. The Labute approximate surface area is 140 Å². The Morgan fingerprint density at radius 1 is 1.30 bits per heavy atom. The van der Waals surface area contributed by atoms with E-state index < -0.39 is 5.82 Å². The summed E-state index contributed by atoms with van der Waals surface area (Å²) in [5.74, 6) is 1.10. The molecule has 3 aromatic rings. The highest BCUT2D eigenvalue weighted by molar-refractivity contribution is 7.99. The molecule has 0 fully saturated rings. The van der Waals surface area contributed by atoms with Crippen molar-refractivity contribution in [2.24, 2.45) is 0 Å². The van der Waals surface area contributed by atoms with Gasteiger partial charge in [-0.3, -0.25) is 4.79 Å². The Hall–Kier alpha value is -2.12. The third-order valence-electron chi connectivity index (χ3n) is 2.91. The van der Waals surface area contributed by atoms with Crippen LogP contribution >= 0.6 is 23.4 Å². The molecule has 118 valence electrons. The normalized spacial score (nSPS) is 10.9. The number of H-pyrrole nitrogens is 1. The van der Waals surface area contributed by atoms with Gasteiger partial charge in [0.15, 0.2) is 16.7 Å². The second-order valence-corrected chi connectivity index (χ2v) is 6.16. The molecule has 2 aromatic heterocycles. The number of rotatable bonds is 5. The van der Waals surface area contributed by atoms with Crippen LogP contribution in [0, 0.1) is 5.82 Å². The largest absolute Gasteiger partial charge is 0.453 e. The van der Waals surface area contributed by atoms with E-state index in [2.05, 4.69) is 15.2 Å². The van der Waals surface area contributed by atoms with Crippen LogP contribution in [-0.2, 0) is 4.79 Å². The Morgan fingerprint density at radius 2 is 2.09 bits per heavy atom. The fourth-order valence-electron chi connectivity index (χ4n) is 1.89. The zero-order valence-corrected chi connectivity index (χ0v) is 13.5. The lowest BCUT2D eigenvalue weighted by molar-refractivity contribution is -0.114. The second kappa shape index (κ2) is 6.55. The lowest BCUT2D eigenvalue weighted by Crippen LogP contribution is -1.93. The first-order valence-electron chi connectivity index (χ1n) is 6.63. The molecule has 0 aliphatic rings. The molecule has 1 aromatic carbocycles. The van der Waals surface area contributed by atoms with Crippen molar-refractivity contribution < 1.29 is 13.6 Å². The van der Waals surface area contributed by atoms with Crippen LogP contribution in [0.3, 0.4) is 0 Å². The summed E-state index contributed by atoms with van der Waals surface area (Å²) in [6.07, 6.45) is 0. The molecule has 0 amide bonds. The van der Waals surface area contributed by atoms with Gasteiger partial charge >= 0.3 is 0 Å². The van der Waals surface area contributed by atoms with Crippen LogP contribution in [0.2, 0.25) is 5.02 Å². The second-order valence-electron chi connectivity index (χ2n) is 4.76. The predicted molar refractivity (Wildman–Crippen MR) is 85.9 cm³/mol. The van der Waals surface area contributed by atoms with Gasteiger partial charge < -0.3 is 9.40 Å². The molecule has 2 heterocycles. The molecule has 0 bridgehead atoms. The third kappa shape index (κ3) is 3.62. The molecule has 8 heteroatoms. The number of hydrogen-bond donors (Lipinski definition) is 1. The van der Waals surface area contributed by atoms with E-state index in [1.807, 2.05) is 0 Å². The van der Waals surface area contributed by atoms with E-state index in [0.717, 1.165) is 0 Å². The molecular weight excluding hydrogens is 341 g/mol. The van der Waals surface area contributed by atoms with Gasteiger partial charge in [0.1, 0.15) is 17.4 Å². The highest BCUT2D eigenvalue weighted by Gasteiger charge is 2.14. The van der Waals surface area contributed by atoms with Crippen molar-refractivity contribution >= 4 is 29.1 Å². The first-order chi connectivity index (χ1) is 11.0. The highest BCUT2D eigenvalue weighted by Crippen LogP contribution is 2.30. The molecule has 1 N–H and O–H groups in total. The number of ketones is 1. The van der Waals surface area contributed by atoms with Gasteiger partial charge in [-0.15, -0.1) is 10.2 Å². The number of halogens is 2. The quantitative estimate of drug-likeness (QED) is 0.697. The Balaban J connectivity index is 1.84. The molecular formula is C15H11ClFN3O2S. The van der Waals surface area contributed by atoms with Crippen molar-refractivity contribution in [3.63, 3.8) is 0 Å². The van der Waals surface area contributed by atoms with E-state index in [0.29, 0.717) is 33.3 Å². The number of nitrogens with one attached hydrogen (secondary N) is 1. The summed E-state index contributed by atoms with van der Waals surface area (Å²) in [7, 11) is 0. The maximum atomic E-state index is 13.9. The van der Waals surface area contributed by atoms with Crippen LogP contribution in [-0.4, -0.2) is 26.7 Å². The fraction of sp³-hybridized carbons (Fsp3) is 0.133. The summed E-state index contributed by atoms with van der Waals surface area (Å²) in [5.41, 5.74) is 0.273. The van der Waals surface area contributed by atoms with E-state index in [-0.39, 0.29) is 11.3 Å². The van der Waals surface area contributed by atoms with Crippen molar-refractivity contribution in [1.29, 1.82) is 0 Å². The third-order valence-corrected chi connectivity index (χ3v) is 4.15. The summed E-state index contributed by atoms with van der Waals surface area (Å²) in [4.78, 5) is 13.9. The number of hydrogen-bond acceptors (Lipinski definition) is 5. The number of carbonyl (C=O) groups is 1. The van der Waals surface area contributed by atoms with E-state index in [9.17, 15) is 9.18 Å². The van der Waals surface area contributed by atoms with E-state index in [4.69, 9.17) is 16.0 Å². The molecule has 0 atom stereocenters. The number of carbonyl (C=O) groups excluding carboxylic acids is 1. The first-order valence-corrected chi connectivity index (χ1v) is 8.00. The average Bonchev–Trinajstić information content (AvgIpc) is 3.16. The van der Waals surface area contributed by atoms with E-state index >= 15 is 0 Å². The standard InChI is InChI=1S/C15H11ClFN3O2S/c1-8(21)7-23-15-18-14(19-20-15)13-5-4-12(22-13)10-6-9(16)2-3-11(10)17/h2-6H,7H2,1H3,(H,18,19,20). The lowest BCUT2D eigenvalue weighted by atomic mass is 10.1. The van der Waals surface area contributed by atoms with Gasteiger partial charge in [0.05, 0.1) is 11.3 Å². The number of furan rings is 1. The number of nitrogens with zero attached hydrogens (tertiary/aromatic N) is 2. The van der Waals surface area contributed by atoms with Gasteiger partial charge in [-0.25, -0.2) is 4.39 Å². The van der Waals surface area contributed by atoms with Crippen molar-refractivity contribution in [2.45, 2.75) is 12.1 Å². The fourth-order valence-corrected chi connectivity index (χ4v) is 2.67. The van der Waals surface area contributed by atoms with Crippen molar-refractivity contribution in [2.75, 3.05) is 5.75 Å². The SMILES string of the molecule is CC(=O)CSc1nnc(-c2ccc(-c3cc(Cl)ccc3F)o2)[nH]1. The number of Topliss-reactive ketones (excluding diaryl/α,β-unsaturated/α-hetero) is 1. The Kier molecular flexibility index (Phi) is 4.49.